The number of hydrogen-bond acceptors (Lipinski definition) is 20. The van der Waals surface area contributed by atoms with Gasteiger partial charge in [-0.25, -0.2) is 13.8 Å². The Hall–Kier alpha value is -6.18. The fourth-order valence-corrected chi connectivity index (χ4v) is 13.9. The highest BCUT2D eigenvalue weighted by molar-refractivity contribution is 5.85. The Kier molecular flexibility index (Phi) is 19.2. The molecule has 4 aromatic rings. The average molecular weight is 1200 g/mol. The van der Waals surface area contributed by atoms with Gasteiger partial charge in [-0.05, 0) is 141 Å². The Bertz CT molecular complexity index is 3230. The summed E-state index contributed by atoms with van der Waals surface area (Å²) in [5.74, 6) is 3.36. The molecule has 0 saturated carbocycles. The van der Waals surface area contributed by atoms with E-state index in [2.05, 4.69) is 131 Å². The largest absolute Gasteiger partial charge is 0.494 e. The van der Waals surface area contributed by atoms with E-state index in [-0.39, 0.29) is 54.4 Å². The van der Waals surface area contributed by atoms with Gasteiger partial charge >= 0.3 is 0 Å². The first-order valence-electron chi connectivity index (χ1n) is 31.9. The standard InChI is InChI=1S/C65H91F2N15O5/c1-35(2)82-23-11-14-41(17-24-82)52-55(66)47(30-42-18-25-84-58(42)52)76-63-74-37(4)27-51(80-63)72-33-45-28-43-31-48(56(67)53(59(43)86-45)39-12-9-19-70-21-15-39)77-65-75-38(5)57(62(69-7)81-65)85-34-46-29-44-32-49(78-64-73-36(3)26-50(68-6)79-64)61(83-8)54(60(44)87-46)40-13-10-20-71-22-16-40/h15-17,26,30-32,35,37-38,45-46,51,57,62-63,65,69-72,74-77,80-81H,9-14,18-25,27-29,33-34H2,1-8H3,(H2,68,73,78,79). The molecular formula is C65H91F2N15O5. The lowest BCUT2D eigenvalue weighted by atomic mass is 9.95. The molecule has 3 aromatic carbocycles. The van der Waals surface area contributed by atoms with Crippen LogP contribution in [-0.2, 0) is 24.0 Å². The molecule has 470 valence electrons. The van der Waals surface area contributed by atoms with Crippen LogP contribution in [0.15, 0.2) is 42.5 Å². The maximum absolute atomic E-state index is 17.5. The first kappa shape index (κ1) is 61.1. The molecule has 12 N–H and O–H groups in total. The van der Waals surface area contributed by atoms with Crippen LogP contribution in [0, 0.1) is 18.6 Å². The SMILES string of the molecule is CNc1cc(C)nc(Nc2cc3c(c(C4=CCNCCC4)c2OC)OC(COC2C(C)NC(Nc4cc5c(c(C6=CCNCCC6)c4F)OC(CNC4CC(C)NC(Nc6cc7c(c(C8=CCN(C(C)C)CCC8)c6F)OCC7)N4)C5)NC2NC)C3)n1. The quantitative estimate of drug-likeness (QED) is 0.0454. The van der Waals surface area contributed by atoms with E-state index in [4.69, 9.17) is 23.7 Å². The monoisotopic (exact) mass is 1200 g/mol. The van der Waals surface area contributed by atoms with Crippen molar-refractivity contribution in [1.29, 1.82) is 0 Å². The number of benzene rings is 3. The molecule has 0 bridgehead atoms. The van der Waals surface area contributed by atoms with Gasteiger partial charge in [0.1, 0.15) is 54.0 Å². The second-order valence-electron chi connectivity index (χ2n) is 24.9. The number of methoxy groups -OCH3 is 1. The van der Waals surface area contributed by atoms with Gasteiger partial charge in [0.15, 0.2) is 17.4 Å². The zero-order valence-electron chi connectivity index (χ0n) is 51.9. The molecule has 9 atom stereocenters. The second kappa shape index (κ2) is 27.3. The van der Waals surface area contributed by atoms with Gasteiger partial charge in [-0.1, -0.05) is 18.2 Å². The molecule has 22 heteroatoms. The summed E-state index contributed by atoms with van der Waals surface area (Å²) in [5, 5.41) is 42.3. The third kappa shape index (κ3) is 13.6. The maximum atomic E-state index is 17.5. The van der Waals surface area contributed by atoms with E-state index < -0.39 is 12.6 Å². The topological polar surface area (TPSA) is 220 Å². The van der Waals surface area contributed by atoms with Crippen molar-refractivity contribution in [3.05, 3.63) is 93.2 Å². The van der Waals surface area contributed by atoms with Crippen molar-refractivity contribution < 1.29 is 32.5 Å². The minimum absolute atomic E-state index is 0.116. The zero-order chi connectivity index (χ0) is 60.3. The Morgan fingerprint density at radius 2 is 1.39 bits per heavy atom. The highest BCUT2D eigenvalue weighted by atomic mass is 19.1. The number of allylic oxidation sites excluding steroid dienone is 3. The Labute approximate surface area is 511 Å². The number of likely N-dealkylation sites (N-methyl/N-ethyl adjacent to an activating group) is 1. The Balaban J connectivity index is 0.706. The van der Waals surface area contributed by atoms with Crippen molar-refractivity contribution in [2.24, 2.45) is 0 Å². The van der Waals surface area contributed by atoms with E-state index in [0.717, 1.165) is 135 Å². The van der Waals surface area contributed by atoms with Crippen LogP contribution in [0.3, 0.4) is 0 Å². The van der Waals surface area contributed by atoms with Crippen molar-refractivity contribution in [2.45, 2.75) is 160 Å². The lowest BCUT2D eigenvalue weighted by Crippen LogP contribution is -2.71. The predicted molar refractivity (Wildman–Crippen MR) is 340 cm³/mol. The molecule has 2 fully saturated rings. The van der Waals surface area contributed by atoms with E-state index in [0.29, 0.717) is 96.7 Å². The number of aromatic nitrogens is 2. The second-order valence-corrected chi connectivity index (χ2v) is 24.9. The van der Waals surface area contributed by atoms with Gasteiger partial charge < -0.3 is 60.9 Å². The Morgan fingerprint density at radius 1 is 0.736 bits per heavy atom. The van der Waals surface area contributed by atoms with E-state index in [1.165, 1.54) is 5.57 Å². The summed E-state index contributed by atoms with van der Waals surface area (Å²) in [5.41, 5.74) is 10.7. The summed E-state index contributed by atoms with van der Waals surface area (Å²) in [7, 11) is 5.45. The molecule has 87 heavy (non-hydrogen) atoms. The molecule has 12 rings (SSSR count). The van der Waals surface area contributed by atoms with Crippen LogP contribution in [0.2, 0.25) is 0 Å². The summed E-state index contributed by atoms with van der Waals surface area (Å²) in [4.78, 5) is 11.8. The molecule has 9 heterocycles. The van der Waals surface area contributed by atoms with Gasteiger partial charge in [-0.3, -0.25) is 31.5 Å². The number of hydrogen-bond donors (Lipinski definition) is 12. The van der Waals surface area contributed by atoms with Crippen LogP contribution in [-0.4, -0.2) is 156 Å². The smallest absolute Gasteiger partial charge is 0.229 e. The van der Waals surface area contributed by atoms with E-state index in [1.807, 2.05) is 39.2 Å². The molecule has 1 aromatic heterocycles. The number of anilines is 5. The predicted octanol–water partition coefficient (Wildman–Crippen LogP) is 7.01. The van der Waals surface area contributed by atoms with E-state index in [9.17, 15) is 0 Å². The van der Waals surface area contributed by atoms with Gasteiger partial charge in [-0.2, -0.15) is 4.98 Å². The molecule has 0 spiro atoms. The van der Waals surface area contributed by atoms with Crippen molar-refractivity contribution in [2.75, 3.05) is 101 Å². The van der Waals surface area contributed by atoms with E-state index in [1.54, 1.807) is 7.11 Å². The minimum atomic E-state index is -0.511. The normalized spacial score (nSPS) is 26.6. The zero-order valence-corrected chi connectivity index (χ0v) is 51.9. The fraction of sp³-hybridized carbons (Fsp3) is 0.569. The number of nitrogens with one attached hydrogen (secondary N) is 12. The average Bonchev–Trinajstić information content (AvgIpc) is 1.83. The van der Waals surface area contributed by atoms with Crippen LogP contribution < -0.4 is 82.7 Å². The number of aryl methyl sites for hydroxylation is 1. The highest BCUT2D eigenvalue weighted by Gasteiger charge is 2.40. The van der Waals surface area contributed by atoms with Gasteiger partial charge in [0, 0.05) is 99.1 Å². The van der Waals surface area contributed by atoms with Crippen LogP contribution in [0.25, 0.3) is 16.7 Å². The van der Waals surface area contributed by atoms with Crippen LogP contribution in [0.4, 0.5) is 37.6 Å². The minimum Gasteiger partial charge on any atom is -0.494 e. The first-order valence-corrected chi connectivity index (χ1v) is 31.9. The van der Waals surface area contributed by atoms with E-state index >= 15 is 8.78 Å². The molecule has 9 unspecified atom stereocenters. The summed E-state index contributed by atoms with van der Waals surface area (Å²) < 4.78 is 67.2. The fourth-order valence-electron chi connectivity index (χ4n) is 13.9. The lowest BCUT2D eigenvalue weighted by Gasteiger charge is -2.43. The van der Waals surface area contributed by atoms with Crippen molar-refractivity contribution in [3.8, 4) is 23.0 Å². The lowest BCUT2D eigenvalue weighted by molar-refractivity contribution is -0.0510. The van der Waals surface area contributed by atoms with Gasteiger partial charge in [-0.15, -0.1) is 0 Å². The third-order valence-electron chi connectivity index (χ3n) is 18.3. The summed E-state index contributed by atoms with van der Waals surface area (Å²) >= 11 is 0. The number of ether oxygens (including phenoxy) is 5. The summed E-state index contributed by atoms with van der Waals surface area (Å²) in [6, 6.07) is 8.21. The molecule has 20 nitrogen and oxygen atoms in total. The number of fused-ring (bicyclic) bond motifs is 3. The molecule has 0 aliphatic carbocycles. The molecule has 0 radical (unpaired) electrons. The van der Waals surface area contributed by atoms with Crippen LogP contribution in [0.5, 0.6) is 23.0 Å². The number of nitrogens with zero attached hydrogens (tertiary/aromatic N) is 3. The summed E-state index contributed by atoms with van der Waals surface area (Å²) in [6.45, 7) is 17.0. The molecule has 8 aliphatic heterocycles. The van der Waals surface area contributed by atoms with Gasteiger partial charge in [0.2, 0.25) is 5.95 Å². The molecular weight excluding hydrogens is 1110 g/mol. The summed E-state index contributed by atoms with van der Waals surface area (Å²) in [6.07, 6.45) is 12.4. The first-order chi connectivity index (χ1) is 42.3. The van der Waals surface area contributed by atoms with Crippen molar-refractivity contribution in [3.63, 3.8) is 0 Å². The molecule has 8 aliphatic rings. The maximum Gasteiger partial charge on any atom is 0.229 e. The van der Waals surface area contributed by atoms with Crippen molar-refractivity contribution in [1.82, 2.24) is 57.4 Å². The van der Waals surface area contributed by atoms with Gasteiger partial charge in [0.05, 0.1) is 66.4 Å². The number of rotatable bonds is 19. The molecule has 2 saturated heterocycles. The van der Waals surface area contributed by atoms with Gasteiger partial charge in [0.25, 0.3) is 0 Å². The third-order valence-corrected chi connectivity index (χ3v) is 18.3. The van der Waals surface area contributed by atoms with Crippen molar-refractivity contribution >= 4 is 45.5 Å². The Morgan fingerprint density at radius 3 is 2.11 bits per heavy atom. The number of halogens is 2. The van der Waals surface area contributed by atoms with Crippen LogP contribution in [0.1, 0.15) is 112 Å². The highest BCUT2D eigenvalue weighted by Crippen LogP contribution is 2.49. The molecule has 0 amide bonds. The van der Waals surface area contributed by atoms with Crippen LogP contribution >= 0.6 is 0 Å².